The van der Waals surface area contributed by atoms with Crippen molar-refractivity contribution in [3.63, 3.8) is 0 Å². The SMILES string of the molecule is CC1=CC(=O)CC(C)(C)C1/C=C/C(C)=C\C(=O)O. The standard InChI is InChI=1S/C15H20O3/c1-10(7-14(17)18)5-6-13-11(2)8-12(16)9-15(13,3)4/h5-8,13H,9H2,1-4H3,(H,17,18)/b6-5+,10-7-. The molecule has 3 nitrogen and oxygen atoms in total. The lowest BCUT2D eigenvalue weighted by atomic mass is 9.68. The van der Waals surface area contributed by atoms with Crippen molar-refractivity contribution in [3.8, 4) is 0 Å². The van der Waals surface area contributed by atoms with Crippen molar-refractivity contribution in [2.24, 2.45) is 11.3 Å². The number of carboxylic acids is 1. The summed E-state index contributed by atoms with van der Waals surface area (Å²) in [5.41, 5.74) is 1.62. The molecule has 98 valence electrons. The van der Waals surface area contributed by atoms with Crippen LogP contribution in [0.3, 0.4) is 0 Å². The minimum atomic E-state index is -0.942. The number of carbonyl (C=O) groups is 2. The molecule has 0 saturated carbocycles. The first-order valence-electron chi connectivity index (χ1n) is 6.03. The molecule has 1 unspecified atom stereocenters. The van der Waals surface area contributed by atoms with Gasteiger partial charge in [-0.05, 0) is 30.9 Å². The summed E-state index contributed by atoms with van der Waals surface area (Å²) >= 11 is 0. The molecule has 0 aliphatic heterocycles. The predicted octanol–water partition coefficient (Wildman–Crippen LogP) is 3.14. The fourth-order valence-electron chi connectivity index (χ4n) is 2.47. The third kappa shape index (κ3) is 3.69. The maximum atomic E-state index is 11.5. The number of carboxylic acid groups (broad SMARTS) is 1. The van der Waals surface area contributed by atoms with E-state index in [1.54, 1.807) is 13.0 Å². The summed E-state index contributed by atoms with van der Waals surface area (Å²) in [4.78, 5) is 22.1. The molecule has 0 bridgehead atoms. The van der Waals surface area contributed by atoms with E-state index in [9.17, 15) is 9.59 Å². The molecule has 0 aromatic rings. The van der Waals surface area contributed by atoms with Crippen molar-refractivity contribution in [3.05, 3.63) is 35.5 Å². The molecule has 0 aromatic heterocycles. The molecule has 0 spiro atoms. The Kier molecular flexibility index (Phi) is 4.28. The van der Waals surface area contributed by atoms with Crippen LogP contribution in [0.2, 0.25) is 0 Å². The molecule has 3 heteroatoms. The van der Waals surface area contributed by atoms with Gasteiger partial charge in [0.15, 0.2) is 5.78 Å². The van der Waals surface area contributed by atoms with Gasteiger partial charge in [0.05, 0.1) is 0 Å². The summed E-state index contributed by atoms with van der Waals surface area (Å²) < 4.78 is 0. The molecule has 1 atom stereocenters. The largest absolute Gasteiger partial charge is 0.478 e. The van der Waals surface area contributed by atoms with Crippen molar-refractivity contribution in [1.82, 2.24) is 0 Å². The number of allylic oxidation sites excluding steroid dienone is 5. The van der Waals surface area contributed by atoms with Crippen LogP contribution in [0.25, 0.3) is 0 Å². The van der Waals surface area contributed by atoms with Gasteiger partial charge in [-0.15, -0.1) is 0 Å². The van der Waals surface area contributed by atoms with Crippen LogP contribution in [-0.2, 0) is 9.59 Å². The molecular weight excluding hydrogens is 228 g/mol. The second-order valence-electron chi connectivity index (χ2n) is 5.58. The fraction of sp³-hybridized carbons (Fsp3) is 0.467. The Morgan fingerprint density at radius 2 is 2.11 bits per heavy atom. The molecule has 0 radical (unpaired) electrons. The maximum absolute atomic E-state index is 11.5. The third-order valence-corrected chi connectivity index (χ3v) is 3.25. The Labute approximate surface area is 108 Å². The number of ketones is 1. The van der Waals surface area contributed by atoms with Gasteiger partial charge in [0, 0.05) is 18.4 Å². The average Bonchev–Trinajstić information content (AvgIpc) is 2.12. The summed E-state index contributed by atoms with van der Waals surface area (Å²) in [5.74, 6) is -0.602. The lowest BCUT2D eigenvalue weighted by Gasteiger charge is -2.35. The third-order valence-electron chi connectivity index (χ3n) is 3.25. The van der Waals surface area contributed by atoms with E-state index >= 15 is 0 Å². The molecule has 0 fully saturated rings. The summed E-state index contributed by atoms with van der Waals surface area (Å²) in [6, 6.07) is 0. The first-order chi connectivity index (χ1) is 8.22. The first-order valence-corrected chi connectivity index (χ1v) is 6.03. The summed E-state index contributed by atoms with van der Waals surface area (Å²) in [7, 11) is 0. The first kappa shape index (κ1) is 14.4. The zero-order chi connectivity index (χ0) is 13.9. The average molecular weight is 248 g/mol. The van der Waals surface area contributed by atoms with Crippen molar-refractivity contribution in [2.75, 3.05) is 0 Å². The highest BCUT2D eigenvalue weighted by Crippen LogP contribution is 2.40. The minimum absolute atomic E-state index is 0.115. The second-order valence-corrected chi connectivity index (χ2v) is 5.58. The Morgan fingerprint density at radius 3 is 2.61 bits per heavy atom. The smallest absolute Gasteiger partial charge is 0.328 e. The zero-order valence-corrected chi connectivity index (χ0v) is 11.4. The molecule has 0 saturated heterocycles. The van der Waals surface area contributed by atoms with Crippen LogP contribution in [0.1, 0.15) is 34.1 Å². The number of hydrogen-bond acceptors (Lipinski definition) is 2. The molecule has 1 rings (SSSR count). The van der Waals surface area contributed by atoms with Gasteiger partial charge >= 0.3 is 5.97 Å². The van der Waals surface area contributed by atoms with Gasteiger partial charge in [0.25, 0.3) is 0 Å². The molecular formula is C15H20O3. The Hall–Kier alpha value is -1.64. The molecule has 0 aromatic carbocycles. The monoisotopic (exact) mass is 248 g/mol. The van der Waals surface area contributed by atoms with Gasteiger partial charge in [0.2, 0.25) is 0 Å². The van der Waals surface area contributed by atoms with Crippen molar-refractivity contribution in [1.29, 1.82) is 0 Å². The van der Waals surface area contributed by atoms with Gasteiger partial charge in [-0.1, -0.05) is 31.6 Å². The Bertz CT molecular complexity index is 450. The van der Waals surface area contributed by atoms with Gasteiger partial charge in [-0.25, -0.2) is 4.79 Å². The molecule has 0 amide bonds. The molecule has 1 aliphatic carbocycles. The van der Waals surface area contributed by atoms with Gasteiger partial charge < -0.3 is 5.11 Å². The van der Waals surface area contributed by atoms with Crippen LogP contribution < -0.4 is 0 Å². The fourth-order valence-corrected chi connectivity index (χ4v) is 2.47. The normalized spacial score (nSPS) is 24.2. The highest BCUT2D eigenvalue weighted by Gasteiger charge is 2.34. The van der Waals surface area contributed by atoms with Gasteiger partial charge in [-0.3, -0.25) is 4.79 Å². The number of rotatable bonds is 3. The van der Waals surface area contributed by atoms with Crippen LogP contribution >= 0.6 is 0 Å². The Morgan fingerprint density at radius 1 is 1.50 bits per heavy atom. The zero-order valence-electron chi connectivity index (χ0n) is 11.4. The summed E-state index contributed by atoms with van der Waals surface area (Å²) in [6.07, 6.45) is 7.20. The van der Waals surface area contributed by atoms with Gasteiger partial charge in [-0.2, -0.15) is 0 Å². The number of aliphatic carboxylic acids is 1. The van der Waals surface area contributed by atoms with E-state index in [0.717, 1.165) is 5.57 Å². The van der Waals surface area contributed by atoms with Crippen molar-refractivity contribution in [2.45, 2.75) is 34.1 Å². The van der Waals surface area contributed by atoms with Crippen LogP contribution in [-0.4, -0.2) is 16.9 Å². The lowest BCUT2D eigenvalue weighted by molar-refractivity contribution is -0.131. The van der Waals surface area contributed by atoms with E-state index in [0.29, 0.717) is 12.0 Å². The summed E-state index contributed by atoms with van der Waals surface area (Å²) in [5, 5.41) is 8.64. The molecule has 1 N–H and O–H groups in total. The van der Waals surface area contributed by atoms with Crippen molar-refractivity contribution >= 4 is 11.8 Å². The topological polar surface area (TPSA) is 54.4 Å². The molecule has 1 aliphatic rings. The highest BCUT2D eigenvalue weighted by molar-refractivity contribution is 5.92. The van der Waals surface area contributed by atoms with E-state index < -0.39 is 5.97 Å². The molecule has 0 heterocycles. The van der Waals surface area contributed by atoms with Crippen LogP contribution in [0.4, 0.5) is 0 Å². The number of carbonyl (C=O) groups excluding carboxylic acids is 1. The van der Waals surface area contributed by atoms with Crippen LogP contribution in [0.15, 0.2) is 35.5 Å². The predicted molar refractivity (Wildman–Crippen MR) is 71.2 cm³/mol. The second kappa shape index (κ2) is 5.34. The van der Waals surface area contributed by atoms with E-state index in [1.807, 2.05) is 19.1 Å². The van der Waals surface area contributed by atoms with Crippen LogP contribution in [0.5, 0.6) is 0 Å². The van der Waals surface area contributed by atoms with E-state index in [1.165, 1.54) is 6.08 Å². The van der Waals surface area contributed by atoms with Crippen molar-refractivity contribution < 1.29 is 14.7 Å². The molecule has 18 heavy (non-hydrogen) atoms. The van der Waals surface area contributed by atoms with E-state index in [4.69, 9.17) is 5.11 Å². The van der Waals surface area contributed by atoms with E-state index in [2.05, 4.69) is 13.8 Å². The lowest BCUT2D eigenvalue weighted by Crippen LogP contribution is -2.30. The van der Waals surface area contributed by atoms with Crippen LogP contribution in [0, 0.1) is 11.3 Å². The van der Waals surface area contributed by atoms with Gasteiger partial charge in [0.1, 0.15) is 0 Å². The highest BCUT2D eigenvalue weighted by atomic mass is 16.4. The quantitative estimate of drug-likeness (QED) is 0.616. The Balaban J connectivity index is 2.95. The number of hydrogen-bond donors (Lipinski definition) is 1. The minimum Gasteiger partial charge on any atom is -0.478 e. The maximum Gasteiger partial charge on any atom is 0.328 e. The summed E-state index contributed by atoms with van der Waals surface area (Å²) in [6.45, 7) is 7.83. The van der Waals surface area contributed by atoms with E-state index in [-0.39, 0.29) is 17.1 Å².